The highest BCUT2D eigenvalue weighted by atomic mass is 19.1. The number of carbonyl (C=O) groups is 2. The second kappa shape index (κ2) is 12.1. The van der Waals surface area contributed by atoms with Gasteiger partial charge in [-0.05, 0) is 13.0 Å². The minimum Gasteiger partial charge on any atom is -0.494 e. The summed E-state index contributed by atoms with van der Waals surface area (Å²) >= 11 is 0. The molecule has 0 aliphatic carbocycles. The van der Waals surface area contributed by atoms with Crippen molar-refractivity contribution < 1.29 is 33.3 Å². The van der Waals surface area contributed by atoms with Crippen LogP contribution in [0.25, 0.3) is 0 Å². The number of amides is 1. The Kier molecular flexibility index (Phi) is 9.29. The zero-order chi connectivity index (χ0) is 27.0. The number of nitrogens with one attached hydrogen (secondary N) is 1. The van der Waals surface area contributed by atoms with Crippen LogP contribution < -0.4 is 15.0 Å². The van der Waals surface area contributed by atoms with Crippen molar-refractivity contribution >= 4 is 46.0 Å². The highest BCUT2D eigenvalue weighted by Gasteiger charge is 2.25. The van der Waals surface area contributed by atoms with Gasteiger partial charge < -0.3 is 19.7 Å². The van der Waals surface area contributed by atoms with E-state index in [4.69, 9.17) is 4.74 Å². The van der Waals surface area contributed by atoms with E-state index in [9.17, 15) is 34.2 Å². The molecule has 0 heterocycles. The number of carbonyl (C=O) groups excluding carboxylic acids is 2. The van der Waals surface area contributed by atoms with E-state index in [0.717, 1.165) is 0 Å². The number of anilines is 2. The van der Waals surface area contributed by atoms with Crippen molar-refractivity contribution in [1.29, 1.82) is 0 Å². The lowest BCUT2D eigenvalue weighted by Gasteiger charge is -2.25. The van der Waals surface area contributed by atoms with Gasteiger partial charge in [-0.2, -0.15) is 4.39 Å². The highest BCUT2D eigenvalue weighted by molar-refractivity contribution is 5.94. The monoisotopic (exact) mass is 506 g/mol. The van der Waals surface area contributed by atoms with Gasteiger partial charge in [0.15, 0.2) is 5.69 Å². The molecule has 1 N–H and O–H groups in total. The van der Waals surface area contributed by atoms with Gasteiger partial charge in [0.25, 0.3) is 0 Å². The largest absolute Gasteiger partial charge is 0.494 e. The summed E-state index contributed by atoms with van der Waals surface area (Å²) in [5.41, 5.74) is -1.85. The fourth-order valence-electron chi connectivity index (χ4n) is 3.13. The fraction of sp³-hybridized carbons (Fsp3) is 0.333. The van der Waals surface area contributed by atoms with Crippen LogP contribution in [0, 0.1) is 26.0 Å². The number of nitro groups is 2. The topological polar surface area (TPSA) is 179 Å². The average Bonchev–Trinajstić information content (AvgIpc) is 2.82. The van der Waals surface area contributed by atoms with Gasteiger partial charge in [-0.25, -0.2) is 0 Å². The summed E-state index contributed by atoms with van der Waals surface area (Å²) in [6, 6.07) is 3.87. The zero-order valence-electron chi connectivity index (χ0n) is 19.8. The molecule has 0 bridgehead atoms. The Bertz CT molecular complexity index is 1220. The summed E-state index contributed by atoms with van der Waals surface area (Å²) in [4.78, 5) is 45.4. The number of rotatable bonds is 11. The maximum atomic E-state index is 14.1. The molecule has 1 amide bonds. The van der Waals surface area contributed by atoms with Crippen molar-refractivity contribution in [3.63, 3.8) is 0 Å². The lowest BCUT2D eigenvalue weighted by atomic mass is 10.2. The molecule has 2 aromatic rings. The first-order valence-corrected chi connectivity index (χ1v) is 10.4. The van der Waals surface area contributed by atoms with Crippen LogP contribution >= 0.6 is 0 Å². The van der Waals surface area contributed by atoms with Gasteiger partial charge in [0, 0.05) is 32.1 Å². The minimum atomic E-state index is -1.33. The molecule has 0 saturated heterocycles. The molecule has 192 valence electrons. The normalized spacial score (nSPS) is 10.7. The SMILES string of the molecule is CCN(CCC(=O)OC)c1cc(NC(C)=O)c(/N=N/c2cc(F)c([N+](=O)[O-])cc2[N+](=O)[O-])cc1OC. The molecule has 14 nitrogen and oxygen atoms in total. The van der Waals surface area contributed by atoms with Crippen LogP contribution in [0.3, 0.4) is 0 Å². The van der Waals surface area contributed by atoms with Crippen LogP contribution in [0.1, 0.15) is 20.3 Å². The van der Waals surface area contributed by atoms with Crippen LogP contribution in [0.15, 0.2) is 34.5 Å². The number of benzene rings is 2. The number of esters is 1. The van der Waals surface area contributed by atoms with Crippen molar-refractivity contribution in [2.24, 2.45) is 10.2 Å². The third-order valence-corrected chi connectivity index (χ3v) is 4.85. The summed E-state index contributed by atoms with van der Waals surface area (Å²) in [7, 11) is 2.65. The first-order chi connectivity index (χ1) is 17.0. The van der Waals surface area contributed by atoms with Crippen LogP contribution in [0.2, 0.25) is 0 Å². The third kappa shape index (κ3) is 6.68. The number of nitrogens with zero attached hydrogens (tertiary/aromatic N) is 5. The summed E-state index contributed by atoms with van der Waals surface area (Å²) in [6.45, 7) is 3.82. The molecule has 2 aromatic carbocycles. The number of hydrogen-bond donors (Lipinski definition) is 1. The van der Waals surface area contributed by atoms with E-state index in [1.54, 1.807) is 4.90 Å². The maximum absolute atomic E-state index is 14.1. The molecule has 2 rings (SSSR count). The van der Waals surface area contributed by atoms with Crippen LogP contribution in [0.4, 0.5) is 38.5 Å². The lowest BCUT2D eigenvalue weighted by Crippen LogP contribution is -2.26. The first-order valence-electron chi connectivity index (χ1n) is 10.4. The van der Waals surface area contributed by atoms with Crippen molar-refractivity contribution in [1.82, 2.24) is 0 Å². The van der Waals surface area contributed by atoms with Gasteiger partial charge in [0.1, 0.15) is 11.4 Å². The van der Waals surface area contributed by atoms with Gasteiger partial charge in [-0.3, -0.25) is 29.8 Å². The molecule has 15 heteroatoms. The average molecular weight is 506 g/mol. The molecule has 0 aliphatic heterocycles. The Morgan fingerprint density at radius 2 is 1.69 bits per heavy atom. The number of halogens is 1. The third-order valence-electron chi connectivity index (χ3n) is 4.85. The second-order valence-corrected chi connectivity index (χ2v) is 7.13. The predicted octanol–water partition coefficient (Wildman–Crippen LogP) is 4.41. The van der Waals surface area contributed by atoms with E-state index in [0.29, 0.717) is 24.4 Å². The number of nitro benzene ring substituents is 2. The first kappa shape index (κ1) is 27.6. The van der Waals surface area contributed by atoms with Gasteiger partial charge >= 0.3 is 17.3 Å². The Morgan fingerprint density at radius 1 is 1.06 bits per heavy atom. The highest BCUT2D eigenvalue weighted by Crippen LogP contribution is 2.41. The standard InChI is InChI=1S/C21H23FN6O8/c1-5-26(7-6-21(30)36-4)19-9-14(23-12(2)29)15(10-20(19)35-3)24-25-16-8-13(22)17(27(31)32)11-18(16)28(33)34/h8-11H,5-7H2,1-4H3,(H,23,29)/b25-24+. The summed E-state index contributed by atoms with van der Waals surface area (Å²) in [5.74, 6) is -1.95. The predicted molar refractivity (Wildman–Crippen MR) is 126 cm³/mol. The van der Waals surface area contributed by atoms with E-state index in [-0.39, 0.29) is 30.1 Å². The van der Waals surface area contributed by atoms with E-state index in [1.165, 1.54) is 33.3 Å². The zero-order valence-corrected chi connectivity index (χ0v) is 19.8. The molecule has 0 saturated carbocycles. The summed E-state index contributed by atoms with van der Waals surface area (Å²) < 4.78 is 24.2. The number of hydrogen-bond acceptors (Lipinski definition) is 11. The van der Waals surface area contributed by atoms with Gasteiger partial charge in [0.05, 0.1) is 47.9 Å². The van der Waals surface area contributed by atoms with Gasteiger partial charge in [-0.1, -0.05) is 0 Å². The number of methoxy groups -OCH3 is 2. The van der Waals surface area contributed by atoms with E-state index < -0.39 is 44.6 Å². The maximum Gasteiger partial charge on any atom is 0.311 e. The van der Waals surface area contributed by atoms with Crippen LogP contribution in [0.5, 0.6) is 5.75 Å². The van der Waals surface area contributed by atoms with Gasteiger partial charge in [0.2, 0.25) is 11.7 Å². The molecule has 0 atom stereocenters. The lowest BCUT2D eigenvalue weighted by molar-refractivity contribution is -0.395. The van der Waals surface area contributed by atoms with Crippen molar-refractivity contribution in [2.45, 2.75) is 20.3 Å². The molecular weight excluding hydrogens is 483 g/mol. The molecular formula is C21H23FN6O8. The molecule has 0 aromatic heterocycles. The van der Waals surface area contributed by atoms with E-state index in [2.05, 4.69) is 20.3 Å². The minimum absolute atomic E-state index is 0.00267. The Hall–Kier alpha value is -4.69. The smallest absolute Gasteiger partial charge is 0.311 e. The molecule has 0 aliphatic rings. The van der Waals surface area contributed by atoms with Gasteiger partial charge in [-0.15, -0.1) is 10.2 Å². The van der Waals surface area contributed by atoms with Crippen LogP contribution in [-0.4, -0.2) is 49.0 Å². The van der Waals surface area contributed by atoms with Crippen molar-refractivity contribution in [2.75, 3.05) is 37.5 Å². The number of azo groups is 1. The second-order valence-electron chi connectivity index (χ2n) is 7.13. The van der Waals surface area contributed by atoms with E-state index in [1.807, 2.05) is 6.92 Å². The summed E-state index contributed by atoms with van der Waals surface area (Å²) in [6.07, 6.45) is 0.0831. The molecule has 36 heavy (non-hydrogen) atoms. The fourth-order valence-corrected chi connectivity index (χ4v) is 3.13. The summed E-state index contributed by atoms with van der Waals surface area (Å²) in [5, 5.41) is 32.5. The van der Waals surface area contributed by atoms with Crippen molar-refractivity contribution in [3.8, 4) is 5.75 Å². The van der Waals surface area contributed by atoms with Crippen LogP contribution in [-0.2, 0) is 14.3 Å². The molecule has 0 fully saturated rings. The molecule has 0 unspecified atom stereocenters. The van der Waals surface area contributed by atoms with E-state index >= 15 is 0 Å². The molecule has 0 radical (unpaired) electrons. The molecule has 0 spiro atoms. The Morgan fingerprint density at radius 3 is 2.22 bits per heavy atom. The Balaban J connectivity index is 2.60. The van der Waals surface area contributed by atoms with Crippen molar-refractivity contribution in [3.05, 3.63) is 50.3 Å². The Labute approximate surface area is 204 Å². The quantitative estimate of drug-likeness (QED) is 0.200. The number of ether oxygens (including phenoxy) is 2.